The molecule has 0 aliphatic heterocycles. The Labute approximate surface area is 133 Å². The second-order valence-corrected chi connectivity index (χ2v) is 11.5. The lowest BCUT2D eigenvalue weighted by atomic mass is 10.2. The van der Waals surface area contributed by atoms with E-state index >= 15 is 0 Å². The summed E-state index contributed by atoms with van der Waals surface area (Å²) in [7, 11) is -1.79. The van der Waals surface area contributed by atoms with Crippen molar-refractivity contribution in [3.63, 3.8) is 0 Å². The monoisotopic (exact) mass is 364 g/mol. The second-order valence-electron chi connectivity index (χ2n) is 6.10. The first-order valence-corrected chi connectivity index (χ1v) is 11.0. The average molecular weight is 365 g/mol. The van der Waals surface area contributed by atoms with Gasteiger partial charge in [-0.15, -0.1) is 0 Å². The van der Waals surface area contributed by atoms with Gasteiger partial charge in [0.2, 0.25) is 8.32 Å². The summed E-state index contributed by atoms with van der Waals surface area (Å²) in [5.74, 6) is 0.701. The van der Waals surface area contributed by atoms with E-state index in [0.717, 1.165) is 0 Å². The summed E-state index contributed by atoms with van der Waals surface area (Å²) >= 11 is 3.35. The van der Waals surface area contributed by atoms with Gasteiger partial charge in [0.25, 0.3) is 0 Å². The van der Waals surface area contributed by atoms with Gasteiger partial charge in [-0.2, -0.15) is 0 Å². The normalized spacial score (nSPS) is 14.6. The maximum absolute atomic E-state index is 6.04. The Bertz CT molecular complexity index is 322. The third-order valence-electron chi connectivity index (χ3n) is 3.35. The molecule has 0 amide bonds. The molecule has 0 aliphatic rings. The Morgan fingerprint density at radius 1 is 1.30 bits per heavy atom. The number of hydrogen-bond donors (Lipinski definition) is 0. The van der Waals surface area contributed by atoms with Crippen molar-refractivity contribution in [1.82, 2.24) is 0 Å². The van der Waals surface area contributed by atoms with Gasteiger partial charge in [-0.25, -0.2) is 0 Å². The second kappa shape index (κ2) is 9.03. The van der Waals surface area contributed by atoms with Crippen LogP contribution < -0.4 is 0 Å². The molecule has 0 N–H and O–H groups in total. The number of hydrogen-bond acceptors (Lipinski definition) is 3. The van der Waals surface area contributed by atoms with Gasteiger partial charge in [0, 0.05) is 6.61 Å². The summed E-state index contributed by atoms with van der Waals surface area (Å²) in [5, 5.41) is 0.840. The van der Waals surface area contributed by atoms with Crippen molar-refractivity contribution < 1.29 is 13.9 Å². The molecule has 0 rings (SSSR count). The number of allylic oxidation sites excluding steroid dienone is 1. The lowest BCUT2D eigenvalue weighted by molar-refractivity contribution is -0.114. The highest BCUT2D eigenvalue weighted by Gasteiger charge is 2.38. The van der Waals surface area contributed by atoms with Crippen LogP contribution in [-0.2, 0) is 13.9 Å². The van der Waals surface area contributed by atoms with Gasteiger partial charge < -0.3 is 13.9 Å². The maximum Gasteiger partial charge on any atom is 0.250 e. The molecule has 0 saturated heterocycles. The molecule has 0 fully saturated rings. The van der Waals surface area contributed by atoms with Crippen LogP contribution in [0, 0.1) is 0 Å². The van der Waals surface area contributed by atoms with Crippen molar-refractivity contribution in [2.24, 2.45) is 0 Å². The molecule has 0 aliphatic carbocycles. The lowest BCUT2D eigenvalue weighted by Gasteiger charge is -2.36. The van der Waals surface area contributed by atoms with Crippen LogP contribution in [0.4, 0.5) is 0 Å². The van der Waals surface area contributed by atoms with Crippen LogP contribution in [0.25, 0.3) is 0 Å². The first kappa shape index (κ1) is 19.9. The number of alkyl halides is 1. The minimum atomic E-state index is -1.79. The van der Waals surface area contributed by atoms with Gasteiger partial charge in [-0.1, -0.05) is 49.4 Å². The van der Waals surface area contributed by atoms with E-state index in [0.29, 0.717) is 24.3 Å². The molecule has 0 aromatic carbocycles. The highest BCUT2D eigenvalue weighted by molar-refractivity contribution is 9.09. The molecule has 1 atom stereocenters. The van der Waals surface area contributed by atoms with Gasteiger partial charge in [-0.3, -0.25) is 0 Å². The zero-order valence-corrected chi connectivity index (χ0v) is 16.2. The molecule has 3 nitrogen and oxygen atoms in total. The minimum Gasteiger partial charge on any atom is -0.544 e. The highest BCUT2D eigenvalue weighted by atomic mass is 79.9. The van der Waals surface area contributed by atoms with Crippen LogP contribution in [0.5, 0.6) is 0 Å². The Hall–Kier alpha value is -0.103. The predicted octanol–water partition coefficient (Wildman–Crippen LogP) is 4.85. The molecule has 0 spiro atoms. The zero-order valence-electron chi connectivity index (χ0n) is 13.7. The maximum atomic E-state index is 6.04. The first-order valence-electron chi connectivity index (χ1n) is 6.97. The minimum absolute atomic E-state index is 0.177. The summed E-state index contributed by atoms with van der Waals surface area (Å²) in [6.07, 6.45) is 3.57. The van der Waals surface area contributed by atoms with Gasteiger partial charge in [-0.05, 0) is 31.1 Å². The van der Waals surface area contributed by atoms with Gasteiger partial charge >= 0.3 is 0 Å². The van der Waals surface area contributed by atoms with Gasteiger partial charge in [0.05, 0.1) is 17.7 Å². The fourth-order valence-electron chi connectivity index (χ4n) is 1.18. The highest BCUT2D eigenvalue weighted by Crippen LogP contribution is 2.37. The fourth-order valence-corrected chi connectivity index (χ4v) is 2.58. The van der Waals surface area contributed by atoms with Crippen molar-refractivity contribution in [2.75, 3.05) is 18.5 Å². The molecule has 5 heteroatoms. The van der Waals surface area contributed by atoms with Crippen molar-refractivity contribution in [2.45, 2.75) is 52.1 Å². The molecule has 0 heterocycles. The van der Waals surface area contributed by atoms with Crippen LogP contribution in [0.3, 0.4) is 0 Å². The molecule has 0 bridgehead atoms. The summed E-state index contributed by atoms with van der Waals surface area (Å²) in [5.41, 5.74) is 0. The van der Waals surface area contributed by atoms with E-state index in [-0.39, 0.29) is 11.3 Å². The van der Waals surface area contributed by atoms with E-state index in [1.807, 2.05) is 19.1 Å². The quantitative estimate of drug-likeness (QED) is 0.192. The number of ether oxygens (including phenoxy) is 2. The first-order chi connectivity index (χ1) is 9.14. The fraction of sp³-hybridized carbons (Fsp3) is 0.733. The summed E-state index contributed by atoms with van der Waals surface area (Å²) in [6.45, 7) is 18.1. The van der Waals surface area contributed by atoms with Crippen molar-refractivity contribution in [3.05, 3.63) is 24.5 Å². The molecule has 1 unspecified atom stereocenters. The van der Waals surface area contributed by atoms with Crippen LogP contribution >= 0.6 is 15.9 Å². The predicted molar refractivity (Wildman–Crippen MR) is 91.7 cm³/mol. The standard InChI is InChI=1S/C15H29BrO3Si/c1-8-17-14(12-16)18-11-9-10-13(2)19-20(6,7)15(3,4)5/h9-10,14H,2,8,11-12H2,1,3-7H3/b10-9+. The molecule has 0 aromatic rings. The third-order valence-corrected chi connectivity index (χ3v) is 8.27. The van der Waals surface area contributed by atoms with E-state index in [1.54, 1.807) is 0 Å². The van der Waals surface area contributed by atoms with Crippen LogP contribution in [-0.4, -0.2) is 33.2 Å². The van der Waals surface area contributed by atoms with E-state index < -0.39 is 8.32 Å². The topological polar surface area (TPSA) is 27.7 Å². The van der Waals surface area contributed by atoms with Crippen LogP contribution in [0.1, 0.15) is 27.7 Å². The Morgan fingerprint density at radius 3 is 2.35 bits per heavy atom. The third kappa shape index (κ3) is 7.62. The van der Waals surface area contributed by atoms with E-state index in [9.17, 15) is 0 Å². The van der Waals surface area contributed by atoms with E-state index in [1.165, 1.54) is 0 Å². The lowest BCUT2D eigenvalue weighted by Crippen LogP contribution is -2.40. The van der Waals surface area contributed by atoms with Crippen LogP contribution in [0.15, 0.2) is 24.5 Å². The van der Waals surface area contributed by atoms with Crippen LogP contribution in [0.2, 0.25) is 18.1 Å². The Morgan fingerprint density at radius 2 is 1.90 bits per heavy atom. The molecule has 0 aromatic heterocycles. The Balaban J connectivity index is 4.18. The summed E-state index contributed by atoms with van der Waals surface area (Å²) < 4.78 is 17.0. The van der Waals surface area contributed by atoms with Crippen molar-refractivity contribution in [1.29, 1.82) is 0 Å². The molecule has 0 radical (unpaired) electrons. The van der Waals surface area contributed by atoms with E-state index in [4.69, 9.17) is 13.9 Å². The average Bonchev–Trinajstić information content (AvgIpc) is 2.31. The molecule has 20 heavy (non-hydrogen) atoms. The van der Waals surface area contributed by atoms with Gasteiger partial charge in [0.1, 0.15) is 0 Å². The Kier molecular flexibility index (Phi) is 8.98. The molecule has 118 valence electrons. The van der Waals surface area contributed by atoms with Crippen molar-refractivity contribution >= 4 is 24.2 Å². The number of rotatable bonds is 9. The largest absolute Gasteiger partial charge is 0.544 e. The van der Waals surface area contributed by atoms with E-state index in [2.05, 4.69) is 56.4 Å². The summed E-state index contributed by atoms with van der Waals surface area (Å²) in [4.78, 5) is 0. The zero-order chi connectivity index (χ0) is 15.8. The van der Waals surface area contributed by atoms with Crippen molar-refractivity contribution in [3.8, 4) is 0 Å². The molecular weight excluding hydrogens is 336 g/mol. The molecular formula is C15H29BrO3Si. The summed E-state index contributed by atoms with van der Waals surface area (Å²) in [6, 6.07) is 0. The SMILES string of the molecule is C=C(/C=C/COC(CBr)OCC)O[Si](C)(C)C(C)(C)C. The molecule has 0 saturated carbocycles. The smallest absolute Gasteiger partial charge is 0.250 e. The number of halogens is 1. The van der Waals surface area contributed by atoms with Gasteiger partial charge in [0.15, 0.2) is 6.29 Å².